The molecule has 1 fully saturated rings. The molecule has 2 aliphatic heterocycles. The zero-order valence-corrected chi connectivity index (χ0v) is 21.6. The number of carboxylic acid groups (broad SMARTS) is 1. The summed E-state index contributed by atoms with van der Waals surface area (Å²) in [6.45, 7) is 3.13. The van der Waals surface area contributed by atoms with Crippen LogP contribution >= 0.6 is 22.9 Å². The van der Waals surface area contributed by atoms with E-state index in [1.54, 1.807) is 13.1 Å². The second-order valence-electron chi connectivity index (χ2n) is 8.23. The molecule has 3 heterocycles. The van der Waals surface area contributed by atoms with E-state index in [1.807, 2.05) is 10.3 Å². The Kier molecular flexibility index (Phi) is 9.22. The Balaban J connectivity index is 1.74. The lowest BCUT2D eigenvalue weighted by Gasteiger charge is -2.37. The van der Waals surface area contributed by atoms with E-state index in [0.717, 1.165) is 0 Å². The van der Waals surface area contributed by atoms with Crippen LogP contribution in [0.15, 0.2) is 46.0 Å². The Morgan fingerprint density at radius 3 is 2.95 bits per heavy atom. The molecule has 2 atom stereocenters. The number of nitrogens with zero attached hydrogens (tertiary/aromatic N) is 3. The van der Waals surface area contributed by atoms with E-state index in [0.29, 0.717) is 41.9 Å². The smallest absolute Gasteiger partial charge is 0.338 e. The molecule has 1 aromatic carbocycles. The molecule has 0 saturated carbocycles. The summed E-state index contributed by atoms with van der Waals surface area (Å²) in [7, 11) is 0. The Labute approximate surface area is 221 Å². The van der Waals surface area contributed by atoms with Crippen molar-refractivity contribution in [2.75, 3.05) is 46.1 Å². The van der Waals surface area contributed by atoms with Crippen LogP contribution in [0.25, 0.3) is 0 Å². The summed E-state index contributed by atoms with van der Waals surface area (Å²) in [6, 6.07) is 2.83. The van der Waals surface area contributed by atoms with Crippen LogP contribution in [0, 0.1) is 5.82 Å². The van der Waals surface area contributed by atoms with E-state index in [9.17, 15) is 14.0 Å². The van der Waals surface area contributed by atoms with Gasteiger partial charge in [0.1, 0.15) is 18.5 Å². The molecule has 0 bridgehead atoms. The van der Waals surface area contributed by atoms with Crippen molar-refractivity contribution in [1.82, 2.24) is 15.2 Å². The first-order chi connectivity index (χ1) is 17.9. The van der Waals surface area contributed by atoms with Crippen molar-refractivity contribution in [2.45, 2.75) is 19.0 Å². The summed E-state index contributed by atoms with van der Waals surface area (Å²) >= 11 is 7.79. The number of amidine groups is 1. The molecule has 198 valence electrons. The number of nitrogens with one attached hydrogen (secondary N) is 1. The Bertz CT molecular complexity index is 1190. The van der Waals surface area contributed by atoms with Crippen LogP contribution in [0.4, 0.5) is 4.39 Å². The summed E-state index contributed by atoms with van der Waals surface area (Å²) in [5.41, 5.74) is 1.21. The molecule has 13 heteroatoms. The number of halogens is 2. The average Bonchev–Trinajstić information content (AvgIpc) is 3.40. The molecule has 2 N–H and O–H groups in total. The third-order valence-corrected chi connectivity index (χ3v) is 6.87. The molecular weight excluding hydrogens is 527 g/mol. The van der Waals surface area contributed by atoms with Gasteiger partial charge in [-0.05, 0) is 19.1 Å². The standard InChI is InChI=1S/C24H26ClFN4O6S/c1-2-36-24(33)20-18(10-30-6-7-34-11-15(30)12-35-13-19(31)32)28-22(23-27-5-8-37-23)29-21(20)16-4-3-14(26)9-17(16)25/h3-5,8-9,15,21H,2,6-7,10-13H2,1H3,(H,28,29)(H,31,32)/t15?,21-/m0/s1. The van der Waals surface area contributed by atoms with E-state index in [4.69, 9.17) is 35.9 Å². The van der Waals surface area contributed by atoms with Gasteiger partial charge in [-0.15, -0.1) is 11.3 Å². The first-order valence-electron chi connectivity index (χ1n) is 11.6. The van der Waals surface area contributed by atoms with Crippen LogP contribution in [0.1, 0.15) is 23.5 Å². The Morgan fingerprint density at radius 1 is 1.41 bits per heavy atom. The van der Waals surface area contributed by atoms with E-state index in [2.05, 4.69) is 10.3 Å². The number of carbonyl (C=O) groups excluding carboxylic acids is 1. The first kappa shape index (κ1) is 27.1. The van der Waals surface area contributed by atoms with Gasteiger partial charge in [0, 0.05) is 40.9 Å². The number of morpholine rings is 1. The zero-order chi connectivity index (χ0) is 26.4. The molecule has 0 aliphatic carbocycles. The molecular formula is C24H26ClFN4O6S. The highest BCUT2D eigenvalue weighted by Gasteiger charge is 2.36. The number of carbonyl (C=O) groups is 2. The minimum Gasteiger partial charge on any atom is -0.480 e. The highest BCUT2D eigenvalue weighted by molar-refractivity contribution is 7.11. The van der Waals surface area contributed by atoms with Crippen molar-refractivity contribution in [2.24, 2.45) is 4.99 Å². The third-order valence-electron chi connectivity index (χ3n) is 5.76. The number of esters is 1. The second kappa shape index (κ2) is 12.6. The summed E-state index contributed by atoms with van der Waals surface area (Å²) < 4.78 is 30.2. The predicted molar refractivity (Wildman–Crippen MR) is 134 cm³/mol. The first-order valence-corrected chi connectivity index (χ1v) is 12.8. The maximum absolute atomic E-state index is 13.9. The summed E-state index contributed by atoms with van der Waals surface area (Å²) in [5, 5.41) is 14.7. The van der Waals surface area contributed by atoms with E-state index in [-0.39, 0.29) is 36.4 Å². The van der Waals surface area contributed by atoms with Crippen molar-refractivity contribution in [1.29, 1.82) is 0 Å². The number of carboxylic acids is 1. The highest BCUT2D eigenvalue weighted by Crippen LogP contribution is 2.37. The molecule has 0 spiro atoms. The van der Waals surface area contributed by atoms with Gasteiger partial charge in [-0.25, -0.2) is 19.0 Å². The monoisotopic (exact) mass is 552 g/mol. The summed E-state index contributed by atoms with van der Waals surface area (Å²) in [5.74, 6) is -1.71. The molecule has 2 aliphatic rings. The van der Waals surface area contributed by atoms with Gasteiger partial charge in [-0.2, -0.15) is 0 Å². The number of thiazole rings is 1. The zero-order valence-electron chi connectivity index (χ0n) is 20.0. The van der Waals surface area contributed by atoms with Gasteiger partial charge in [0.25, 0.3) is 0 Å². The lowest BCUT2D eigenvalue weighted by molar-refractivity contribution is -0.144. The van der Waals surface area contributed by atoms with Crippen molar-refractivity contribution in [3.8, 4) is 0 Å². The van der Waals surface area contributed by atoms with Crippen LogP contribution in [0.2, 0.25) is 5.02 Å². The number of aliphatic carboxylic acids is 1. The van der Waals surface area contributed by atoms with Crippen LogP contribution in [0.5, 0.6) is 0 Å². The number of benzene rings is 1. The fourth-order valence-corrected chi connectivity index (χ4v) is 4.96. The molecule has 4 rings (SSSR count). The van der Waals surface area contributed by atoms with Gasteiger partial charge in [-0.1, -0.05) is 17.7 Å². The lowest BCUT2D eigenvalue weighted by atomic mass is 9.95. The molecule has 37 heavy (non-hydrogen) atoms. The van der Waals surface area contributed by atoms with Gasteiger partial charge in [0.05, 0.1) is 38.0 Å². The van der Waals surface area contributed by atoms with E-state index >= 15 is 0 Å². The van der Waals surface area contributed by atoms with Crippen molar-refractivity contribution in [3.63, 3.8) is 0 Å². The largest absolute Gasteiger partial charge is 0.480 e. The van der Waals surface area contributed by atoms with Gasteiger partial charge in [-0.3, -0.25) is 9.89 Å². The molecule has 1 saturated heterocycles. The van der Waals surface area contributed by atoms with Crippen LogP contribution in [-0.4, -0.2) is 84.9 Å². The normalized spacial score (nSPS) is 20.4. The Morgan fingerprint density at radius 2 is 2.24 bits per heavy atom. The maximum atomic E-state index is 13.9. The van der Waals surface area contributed by atoms with Crippen LogP contribution < -0.4 is 5.32 Å². The van der Waals surface area contributed by atoms with Crippen LogP contribution in [0.3, 0.4) is 0 Å². The minimum absolute atomic E-state index is 0.126. The third kappa shape index (κ3) is 6.70. The molecule has 1 unspecified atom stereocenters. The SMILES string of the molecule is CCOC(=O)C1=C(CN2CCOCC2COCC(=O)O)NC(c2nccs2)=N[C@H]1c1ccc(F)cc1Cl. The van der Waals surface area contributed by atoms with Gasteiger partial charge in [0.2, 0.25) is 0 Å². The molecule has 1 aromatic heterocycles. The fourth-order valence-electron chi connectivity index (χ4n) is 4.10. The number of aromatic nitrogens is 1. The number of rotatable bonds is 10. The predicted octanol–water partition coefficient (Wildman–Crippen LogP) is 2.65. The van der Waals surface area contributed by atoms with Crippen LogP contribution in [-0.2, 0) is 23.8 Å². The molecule has 2 aromatic rings. The highest BCUT2D eigenvalue weighted by atomic mass is 35.5. The molecule has 0 radical (unpaired) electrons. The van der Waals surface area contributed by atoms with Crippen molar-refractivity contribution >= 4 is 40.7 Å². The lowest BCUT2D eigenvalue weighted by Crippen LogP contribution is -2.51. The maximum Gasteiger partial charge on any atom is 0.338 e. The minimum atomic E-state index is -1.06. The Hall–Kier alpha value is -2.90. The summed E-state index contributed by atoms with van der Waals surface area (Å²) in [4.78, 5) is 35.3. The number of aliphatic imine (C=N–C) groups is 1. The summed E-state index contributed by atoms with van der Waals surface area (Å²) in [6.07, 6.45) is 1.64. The average molecular weight is 553 g/mol. The van der Waals surface area contributed by atoms with Crippen molar-refractivity contribution in [3.05, 3.63) is 62.5 Å². The molecule has 10 nitrogen and oxygen atoms in total. The van der Waals surface area contributed by atoms with Gasteiger partial charge < -0.3 is 24.6 Å². The fraction of sp³-hybridized carbons (Fsp3) is 0.417. The van der Waals surface area contributed by atoms with Gasteiger partial charge in [0.15, 0.2) is 10.8 Å². The topological polar surface area (TPSA) is 123 Å². The number of hydrogen-bond acceptors (Lipinski definition) is 10. The number of ether oxygens (including phenoxy) is 3. The van der Waals surface area contributed by atoms with Gasteiger partial charge >= 0.3 is 11.9 Å². The quantitative estimate of drug-likeness (QED) is 0.428. The second-order valence-corrected chi connectivity index (χ2v) is 9.53. The van der Waals surface area contributed by atoms with E-state index in [1.165, 1.54) is 29.5 Å². The molecule has 0 amide bonds. The van der Waals surface area contributed by atoms with E-state index < -0.39 is 30.4 Å². The van der Waals surface area contributed by atoms with Crippen molar-refractivity contribution < 1.29 is 33.3 Å². The number of hydrogen-bond donors (Lipinski definition) is 2.